The summed E-state index contributed by atoms with van der Waals surface area (Å²) in [6.45, 7) is 4.09. The van der Waals surface area contributed by atoms with Crippen LogP contribution < -0.4 is 10.6 Å². The summed E-state index contributed by atoms with van der Waals surface area (Å²) in [7, 11) is 0. The Morgan fingerprint density at radius 2 is 2.06 bits per heavy atom. The molecule has 0 aliphatic carbocycles. The summed E-state index contributed by atoms with van der Waals surface area (Å²) in [6.07, 6.45) is 2.52. The maximum Gasteiger partial charge on any atom is 0.224 e. The van der Waals surface area contributed by atoms with Gasteiger partial charge in [-0.15, -0.1) is 0 Å². The summed E-state index contributed by atoms with van der Waals surface area (Å²) in [5, 5.41) is 0. The van der Waals surface area contributed by atoms with E-state index < -0.39 is 0 Å². The van der Waals surface area contributed by atoms with Gasteiger partial charge in [-0.25, -0.2) is 0 Å². The smallest absolute Gasteiger partial charge is 0.224 e. The first-order valence-corrected chi connectivity index (χ1v) is 5.82. The predicted molar refractivity (Wildman–Crippen MR) is 65.5 cm³/mol. The number of amides is 1. The van der Waals surface area contributed by atoms with Gasteiger partial charge in [-0.2, -0.15) is 0 Å². The number of benzene rings is 1. The van der Waals surface area contributed by atoms with Crippen molar-refractivity contribution >= 4 is 11.6 Å². The molecule has 1 fully saturated rings. The normalized spacial score (nSPS) is 17.4. The molecule has 3 nitrogen and oxygen atoms in total. The van der Waals surface area contributed by atoms with Gasteiger partial charge in [0.1, 0.15) is 0 Å². The highest BCUT2D eigenvalue weighted by Gasteiger charge is 2.15. The van der Waals surface area contributed by atoms with E-state index in [2.05, 4.69) is 17.0 Å². The van der Waals surface area contributed by atoms with Crippen LogP contribution in [0.25, 0.3) is 0 Å². The van der Waals surface area contributed by atoms with Crippen molar-refractivity contribution in [3.8, 4) is 0 Å². The molecule has 86 valence electrons. The topological polar surface area (TPSA) is 46.3 Å². The molecule has 2 N–H and O–H groups in total. The zero-order valence-electron chi connectivity index (χ0n) is 9.65. The molecule has 1 aromatic carbocycles. The quantitative estimate of drug-likeness (QED) is 0.842. The molecule has 1 unspecified atom stereocenters. The summed E-state index contributed by atoms with van der Waals surface area (Å²) in [5.74, 6) is -0.471. The van der Waals surface area contributed by atoms with E-state index in [1.54, 1.807) is 0 Å². The van der Waals surface area contributed by atoms with Gasteiger partial charge in [0.15, 0.2) is 0 Å². The molecule has 0 aromatic heterocycles. The Kier molecular flexibility index (Phi) is 3.13. The Morgan fingerprint density at radius 3 is 2.69 bits per heavy atom. The molecule has 1 saturated heterocycles. The third-order valence-corrected chi connectivity index (χ3v) is 3.27. The maximum absolute atomic E-state index is 11.1. The summed E-state index contributed by atoms with van der Waals surface area (Å²) in [5.41, 5.74) is 7.54. The van der Waals surface area contributed by atoms with Gasteiger partial charge in [0.2, 0.25) is 5.91 Å². The molecular weight excluding hydrogens is 200 g/mol. The molecule has 1 heterocycles. The summed E-state index contributed by atoms with van der Waals surface area (Å²) < 4.78 is 0. The minimum Gasteiger partial charge on any atom is -0.372 e. The standard InChI is InChI=1S/C13H18N2O/c1-10(13(14)16)11-5-4-6-12(9-11)15-7-2-3-8-15/h4-6,9-10H,2-3,7-8H2,1H3,(H2,14,16). The summed E-state index contributed by atoms with van der Waals surface area (Å²) in [4.78, 5) is 13.5. The van der Waals surface area contributed by atoms with Gasteiger partial charge in [-0.3, -0.25) is 4.79 Å². The van der Waals surface area contributed by atoms with Crippen molar-refractivity contribution < 1.29 is 4.79 Å². The number of carbonyl (C=O) groups excluding carboxylic acids is 1. The van der Waals surface area contributed by atoms with E-state index in [0.717, 1.165) is 18.7 Å². The summed E-state index contributed by atoms with van der Waals surface area (Å²) in [6, 6.07) is 8.15. The second-order valence-corrected chi connectivity index (χ2v) is 4.41. The maximum atomic E-state index is 11.1. The summed E-state index contributed by atoms with van der Waals surface area (Å²) >= 11 is 0. The molecule has 3 heteroatoms. The van der Waals surface area contributed by atoms with E-state index in [4.69, 9.17) is 5.73 Å². The van der Waals surface area contributed by atoms with Gasteiger partial charge in [0.05, 0.1) is 5.92 Å². The second kappa shape index (κ2) is 4.56. The molecule has 0 bridgehead atoms. The van der Waals surface area contributed by atoms with Crippen LogP contribution in [-0.2, 0) is 4.79 Å². The third kappa shape index (κ3) is 2.18. The molecule has 1 aromatic rings. The largest absolute Gasteiger partial charge is 0.372 e. The first-order valence-electron chi connectivity index (χ1n) is 5.82. The number of rotatable bonds is 3. The average molecular weight is 218 g/mol. The number of hydrogen-bond donors (Lipinski definition) is 1. The van der Waals surface area contributed by atoms with Gasteiger partial charge in [0.25, 0.3) is 0 Å². The first kappa shape index (κ1) is 11.0. The monoisotopic (exact) mass is 218 g/mol. The zero-order chi connectivity index (χ0) is 11.5. The van der Waals surface area contributed by atoms with Crippen LogP contribution in [0.2, 0.25) is 0 Å². The third-order valence-electron chi connectivity index (χ3n) is 3.27. The Hall–Kier alpha value is -1.51. The van der Waals surface area contributed by atoms with Gasteiger partial charge in [-0.05, 0) is 37.5 Å². The van der Waals surface area contributed by atoms with E-state index in [1.165, 1.54) is 18.5 Å². The van der Waals surface area contributed by atoms with Crippen LogP contribution in [0.3, 0.4) is 0 Å². The second-order valence-electron chi connectivity index (χ2n) is 4.41. The number of nitrogens with zero attached hydrogens (tertiary/aromatic N) is 1. The fraction of sp³-hybridized carbons (Fsp3) is 0.462. The van der Waals surface area contributed by atoms with E-state index in [1.807, 2.05) is 19.1 Å². The van der Waals surface area contributed by atoms with Crippen LogP contribution in [0.4, 0.5) is 5.69 Å². The van der Waals surface area contributed by atoms with Gasteiger partial charge < -0.3 is 10.6 Å². The predicted octanol–water partition coefficient (Wildman–Crippen LogP) is 1.88. The molecule has 2 rings (SSSR count). The van der Waals surface area contributed by atoms with Crippen LogP contribution in [0.15, 0.2) is 24.3 Å². The molecule has 16 heavy (non-hydrogen) atoms. The molecule has 1 aliphatic rings. The highest BCUT2D eigenvalue weighted by Crippen LogP contribution is 2.24. The van der Waals surface area contributed by atoms with Crippen LogP contribution in [0.5, 0.6) is 0 Å². The SMILES string of the molecule is CC(C(N)=O)c1cccc(N2CCCC2)c1. The van der Waals surface area contributed by atoms with Gasteiger partial charge >= 0.3 is 0 Å². The zero-order valence-corrected chi connectivity index (χ0v) is 9.65. The van der Waals surface area contributed by atoms with E-state index in [0.29, 0.717) is 0 Å². The molecule has 0 saturated carbocycles. The minimum atomic E-state index is -0.265. The lowest BCUT2D eigenvalue weighted by Gasteiger charge is -2.19. The molecule has 1 aliphatic heterocycles. The number of anilines is 1. The Balaban J connectivity index is 2.21. The first-order chi connectivity index (χ1) is 7.68. The highest BCUT2D eigenvalue weighted by atomic mass is 16.1. The number of primary amides is 1. The Bertz CT molecular complexity index is 383. The average Bonchev–Trinajstić information content (AvgIpc) is 2.81. The molecule has 1 amide bonds. The van der Waals surface area contributed by atoms with Crippen molar-refractivity contribution in [1.29, 1.82) is 0 Å². The van der Waals surface area contributed by atoms with Crippen molar-refractivity contribution in [2.45, 2.75) is 25.7 Å². The van der Waals surface area contributed by atoms with Crippen LogP contribution >= 0.6 is 0 Å². The lowest BCUT2D eigenvalue weighted by Crippen LogP contribution is -2.20. The number of nitrogens with two attached hydrogens (primary N) is 1. The lowest BCUT2D eigenvalue weighted by atomic mass is 10.00. The number of carbonyl (C=O) groups is 1. The fourth-order valence-corrected chi connectivity index (χ4v) is 2.13. The van der Waals surface area contributed by atoms with Crippen molar-refractivity contribution in [2.24, 2.45) is 5.73 Å². The van der Waals surface area contributed by atoms with Crippen LogP contribution in [0.1, 0.15) is 31.2 Å². The highest BCUT2D eigenvalue weighted by molar-refractivity contribution is 5.81. The van der Waals surface area contributed by atoms with Crippen LogP contribution in [0, 0.1) is 0 Å². The van der Waals surface area contributed by atoms with E-state index in [-0.39, 0.29) is 11.8 Å². The minimum absolute atomic E-state index is 0.206. The van der Waals surface area contributed by atoms with Crippen molar-refractivity contribution in [1.82, 2.24) is 0 Å². The molecular formula is C13H18N2O. The lowest BCUT2D eigenvalue weighted by molar-refractivity contribution is -0.119. The van der Waals surface area contributed by atoms with E-state index >= 15 is 0 Å². The molecule has 0 spiro atoms. The van der Waals surface area contributed by atoms with Crippen molar-refractivity contribution in [3.63, 3.8) is 0 Å². The van der Waals surface area contributed by atoms with Crippen molar-refractivity contribution in [2.75, 3.05) is 18.0 Å². The molecule has 1 atom stereocenters. The number of hydrogen-bond acceptors (Lipinski definition) is 2. The Morgan fingerprint density at radius 1 is 1.38 bits per heavy atom. The Labute approximate surface area is 96.2 Å². The van der Waals surface area contributed by atoms with Gasteiger partial charge in [0, 0.05) is 18.8 Å². The molecule has 0 radical (unpaired) electrons. The van der Waals surface area contributed by atoms with Gasteiger partial charge in [-0.1, -0.05) is 12.1 Å². The van der Waals surface area contributed by atoms with E-state index in [9.17, 15) is 4.79 Å². The van der Waals surface area contributed by atoms with Crippen LogP contribution in [-0.4, -0.2) is 19.0 Å². The van der Waals surface area contributed by atoms with Crippen molar-refractivity contribution in [3.05, 3.63) is 29.8 Å². The fourth-order valence-electron chi connectivity index (χ4n) is 2.13.